The molecule has 134 valence electrons. The number of benzene rings is 2. The predicted molar refractivity (Wildman–Crippen MR) is 107 cm³/mol. The summed E-state index contributed by atoms with van der Waals surface area (Å²) in [4.78, 5) is 16.4. The van der Waals surface area contributed by atoms with Crippen LogP contribution in [0.5, 0.6) is 5.75 Å². The number of amides is 1. The molecule has 0 bridgehead atoms. The zero-order valence-corrected chi connectivity index (χ0v) is 16.5. The van der Waals surface area contributed by atoms with Gasteiger partial charge in [0, 0.05) is 10.0 Å². The van der Waals surface area contributed by atoms with Gasteiger partial charge in [-0.3, -0.25) is 4.79 Å². The second-order valence-corrected chi connectivity index (χ2v) is 7.11. The normalized spacial score (nSPS) is 10.5. The van der Waals surface area contributed by atoms with Crippen LogP contribution >= 0.6 is 27.7 Å². The van der Waals surface area contributed by atoms with Crippen LogP contribution < -0.4 is 10.1 Å². The van der Waals surface area contributed by atoms with Crippen molar-refractivity contribution >= 4 is 39.3 Å². The van der Waals surface area contributed by atoms with E-state index in [1.54, 1.807) is 6.20 Å². The summed E-state index contributed by atoms with van der Waals surface area (Å²) in [6, 6.07) is 15.1. The SMILES string of the molecule is CCOc1ccccc1NC(=O)CSc1ncc(-c2cccc(Br)c2)o1. The van der Waals surface area contributed by atoms with Crippen molar-refractivity contribution in [1.29, 1.82) is 0 Å². The molecule has 0 radical (unpaired) electrons. The predicted octanol–water partition coefficient (Wildman–Crippen LogP) is 5.23. The van der Waals surface area contributed by atoms with Crippen LogP contribution in [0.1, 0.15) is 6.92 Å². The number of para-hydroxylation sites is 2. The first kappa shape index (κ1) is 18.5. The molecule has 1 heterocycles. The van der Waals surface area contributed by atoms with E-state index in [1.807, 2.05) is 55.5 Å². The number of nitrogens with one attached hydrogen (secondary N) is 1. The van der Waals surface area contributed by atoms with Gasteiger partial charge in [0.05, 0.1) is 24.2 Å². The standard InChI is InChI=1S/C19H17BrN2O3S/c1-2-24-16-9-4-3-8-15(16)22-18(23)12-26-19-21-11-17(25-19)13-6-5-7-14(20)10-13/h3-11H,2,12H2,1H3,(H,22,23). The number of hydrogen-bond acceptors (Lipinski definition) is 5. The van der Waals surface area contributed by atoms with Gasteiger partial charge in [-0.2, -0.15) is 0 Å². The van der Waals surface area contributed by atoms with E-state index >= 15 is 0 Å². The third-order valence-corrected chi connectivity index (χ3v) is 4.72. The van der Waals surface area contributed by atoms with E-state index < -0.39 is 0 Å². The summed E-state index contributed by atoms with van der Waals surface area (Å²) in [6.07, 6.45) is 1.66. The van der Waals surface area contributed by atoms with Gasteiger partial charge in [-0.15, -0.1) is 0 Å². The number of oxazole rings is 1. The molecule has 2 aromatic carbocycles. The number of carbonyl (C=O) groups excluding carboxylic acids is 1. The summed E-state index contributed by atoms with van der Waals surface area (Å²) < 4.78 is 12.2. The van der Waals surface area contributed by atoms with Crippen LogP contribution in [0.4, 0.5) is 5.69 Å². The van der Waals surface area contributed by atoms with E-state index in [2.05, 4.69) is 26.2 Å². The summed E-state index contributed by atoms with van der Waals surface area (Å²) in [6.45, 7) is 2.44. The third kappa shape index (κ3) is 4.89. The minimum absolute atomic E-state index is 0.149. The Morgan fingerprint density at radius 1 is 1.27 bits per heavy atom. The quantitative estimate of drug-likeness (QED) is 0.517. The molecule has 0 aliphatic rings. The van der Waals surface area contributed by atoms with Crippen LogP contribution in [-0.4, -0.2) is 23.3 Å². The van der Waals surface area contributed by atoms with Crippen molar-refractivity contribution < 1.29 is 13.9 Å². The first-order valence-electron chi connectivity index (χ1n) is 8.02. The number of rotatable bonds is 7. The molecule has 0 saturated carbocycles. The number of anilines is 1. The average molecular weight is 433 g/mol. The molecule has 5 nitrogen and oxygen atoms in total. The van der Waals surface area contributed by atoms with Gasteiger partial charge in [-0.1, -0.05) is 52.0 Å². The largest absolute Gasteiger partial charge is 0.492 e. The molecule has 26 heavy (non-hydrogen) atoms. The summed E-state index contributed by atoms with van der Waals surface area (Å²) in [5.41, 5.74) is 1.58. The van der Waals surface area contributed by atoms with E-state index in [4.69, 9.17) is 9.15 Å². The van der Waals surface area contributed by atoms with Gasteiger partial charge in [-0.25, -0.2) is 4.98 Å². The fraction of sp³-hybridized carbons (Fsp3) is 0.158. The summed E-state index contributed by atoms with van der Waals surface area (Å²) in [5, 5.41) is 3.30. The zero-order valence-electron chi connectivity index (χ0n) is 14.1. The molecule has 3 rings (SSSR count). The Morgan fingerprint density at radius 2 is 2.12 bits per heavy atom. The lowest BCUT2D eigenvalue weighted by Gasteiger charge is -2.10. The Morgan fingerprint density at radius 3 is 2.92 bits per heavy atom. The molecule has 0 atom stereocenters. The van der Waals surface area contributed by atoms with E-state index in [0.717, 1.165) is 10.0 Å². The van der Waals surface area contributed by atoms with Crippen LogP contribution in [0.15, 0.2) is 68.8 Å². The van der Waals surface area contributed by atoms with E-state index in [-0.39, 0.29) is 11.7 Å². The Bertz CT molecular complexity index is 898. The zero-order chi connectivity index (χ0) is 18.4. The number of hydrogen-bond donors (Lipinski definition) is 1. The molecule has 7 heteroatoms. The van der Waals surface area contributed by atoms with Crippen molar-refractivity contribution in [2.45, 2.75) is 12.1 Å². The monoisotopic (exact) mass is 432 g/mol. The highest BCUT2D eigenvalue weighted by molar-refractivity contribution is 9.10. The molecule has 1 amide bonds. The van der Waals surface area contributed by atoms with Gasteiger partial charge < -0.3 is 14.5 Å². The van der Waals surface area contributed by atoms with Crippen LogP contribution in [-0.2, 0) is 4.79 Å². The number of ether oxygens (including phenoxy) is 1. The van der Waals surface area contributed by atoms with Gasteiger partial charge in [0.25, 0.3) is 5.22 Å². The average Bonchev–Trinajstić information content (AvgIpc) is 3.11. The molecular weight excluding hydrogens is 416 g/mol. The summed E-state index contributed by atoms with van der Waals surface area (Å²) >= 11 is 4.68. The van der Waals surface area contributed by atoms with Gasteiger partial charge >= 0.3 is 0 Å². The maximum atomic E-state index is 12.2. The molecular formula is C19H17BrN2O3S. The van der Waals surface area contributed by atoms with Gasteiger partial charge in [0.1, 0.15) is 5.75 Å². The fourth-order valence-electron chi connectivity index (χ4n) is 2.26. The van der Waals surface area contributed by atoms with Gasteiger partial charge in [-0.05, 0) is 31.2 Å². The number of thioether (sulfide) groups is 1. The van der Waals surface area contributed by atoms with E-state index in [1.165, 1.54) is 11.8 Å². The second kappa shape index (κ2) is 8.91. The van der Waals surface area contributed by atoms with Gasteiger partial charge in [0.2, 0.25) is 5.91 Å². The maximum absolute atomic E-state index is 12.2. The highest BCUT2D eigenvalue weighted by Crippen LogP contribution is 2.28. The van der Waals surface area contributed by atoms with Crippen molar-refractivity contribution in [3.63, 3.8) is 0 Å². The molecule has 1 aromatic heterocycles. The smallest absolute Gasteiger partial charge is 0.256 e. The fourth-order valence-corrected chi connectivity index (χ4v) is 3.27. The highest BCUT2D eigenvalue weighted by atomic mass is 79.9. The van der Waals surface area contributed by atoms with Crippen LogP contribution in [0.2, 0.25) is 0 Å². The molecule has 0 unspecified atom stereocenters. The number of aromatic nitrogens is 1. The Hall–Kier alpha value is -2.25. The van der Waals surface area contributed by atoms with Crippen molar-refractivity contribution in [3.8, 4) is 17.1 Å². The molecule has 1 N–H and O–H groups in total. The Labute approximate surface area is 164 Å². The highest BCUT2D eigenvalue weighted by Gasteiger charge is 2.11. The molecule has 0 aliphatic heterocycles. The maximum Gasteiger partial charge on any atom is 0.256 e. The van der Waals surface area contributed by atoms with Crippen molar-refractivity contribution in [3.05, 3.63) is 59.2 Å². The van der Waals surface area contributed by atoms with Crippen molar-refractivity contribution in [1.82, 2.24) is 4.98 Å². The lowest BCUT2D eigenvalue weighted by molar-refractivity contribution is -0.113. The minimum Gasteiger partial charge on any atom is -0.492 e. The molecule has 0 spiro atoms. The Kier molecular flexibility index (Phi) is 6.35. The van der Waals surface area contributed by atoms with Crippen LogP contribution in [0, 0.1) is 0 Å². The van der Waals surface area contributed by atoms with E-state index in [0.29, 0.717) is 29.0 Å². The number of halogens is 1. The lowest BCUT2D eigenvalue weighted by atomic mass is 10.2. The summed E-state index contributed by atoms with van der Waals surface area (Å²) in [7, 11) is 0. The third-order valence-electron chi connectivity index (χ3n) is 3.38. The lowest BCUT2D eigenvalue weighted by Crippen LogP contribution is -2.14. The van der Waals surface area contributed by atoms with Gasteiger partial charge in [0.15, 0.2) is 5.76 Å². The van der Waals surface area contributed by atoms with E-state index in [9.17, 15) is 4.79 Å². The van der Waals surface area contributed by atoms with Crippen LogP contribution in [0.25, 0.3) is 11.3 Å². The molecule has 0 fully saturated rings. The Balaban J connectivity index is 1.59. The first-order chi connectivity index (χ1) is 12.7. The molecule has 0 aliphatic carbocycles. The first-order valence-corrected chi connectivity index (χ1v) is 9.80. The number of nitrogens with zero attached hydrogens (tertiary/aromatic N) is 1. The molecule has 0 saturated heterocycles. The van der Waals surface area contributed by atoms with Crippen molar-refractivity contribution in [2.24, 2.45) is 0 Å². The summed E-state index contributed by atoms with van der Waals surface area (Å²) in [5.74, 6) is 1.36. The molecule has 3 aromatic rings. The van der Waals surface area contributed by atoms with Crippen LogP contribution in [0.3, 0.4) is 0 Å². The second-order valence-electron chi connectivity index (χ2n) is 5.27. The minimum atomic E-state index is -0.149. The topological polar surface area (TPSA) is 64.4 Å². The van der Waals surface area contributed by atoms with Crippen molar-refractivity contribution in [2.75, 3.05) is 17.7 Å². The number of carbonyl (C=O) groups is 1.